The molecular weight excluding hydrogens is 244 g/mol. The first-order valence-corrected chi connectivity index (χ1v) is 6.95. The van der Waals surface area contributed by atoms with E-state index in [0.29, 0.717) is 0 Å². The molecule has 2 N–H and O–H groups in total. The first kappa shape index (κ1) is 14.3. The lowest BCUT2D eigenvalue weighted by Gasteiger charge is -2.19. The van der Waals surface area contributed by atoms with Gasteiger partial charge in [0.05, 0.1) is 19.1 Å². The van der Waals surface area contributed by atoms with E-state index < -0.39 is 0 Å². The predicted molar refractivity (Wildman–Crippen MR) is 71.3 cm³/mol. The summed E-state index contributed by atoms with van der Waals surface area (Å²) in [6, 6.07) is 0. The van der Waals surface area contributed by atoms with Crippen LogP contribution in [0.1, 0.15) is 32.6 Å². The van der Waals surface area contributed by atoms with Gasteiger partial charge in [0.15, 0.2) is 0 Å². The van der Waals surface area contributed by atoms with Crippen molar-refractivity contribution in [2.45, 2.75) is 38.7 Å². The minimum absolute atomic E-state index is 0.00253. The molecule has 1 heterocycles. The second kappa shape index (κ2) is 6.35. The van der Waals surface area contributed by atoms with Crippen LogP contribution in [-0.4, -0.2) is 35.5 Å². The maximum Gasteiger partial charge on any atom is 0.309 e. The van der Waals surface area contributed by atoms with Gasteiger partial charge < -0.3 is 14.9 Å². The number of aliphatic hydroxyl groups is 2. The molecule has 1 aliphatic carbocycles. The minimum atomic E-state index is -0.220. The third-order valence-electron chi connectivity index (χ3n) is 4.19. The van der Waals surface area contributed by atoms with Crippen LogP contribution in [0.5, 0.6) is 0 Å². The molecule has 3 atom stereocenters. The van der Waals surface area contributed by atoms with Crippen LogP contribution < -0.4 is 0 Å². The van der Waals surface area contributed by atoms with Crippen LogP contribution >= 0.6 is 0 Å². The smallest absolute Gasteiger partial charge is 0.309 e. The zero-order valence-corrected chi connectivity index (χ0v) is 11.3. The van der Waals surface area contributed by atoms with E-state index in [4.69, 9.17) is 4.74 Å². The average Bonchev–Trinajstić information content (AvgIpc) is 2.68. The summed E-state index contributed by atoms with van der Waals surface area (Å²) in [4.78, 5) is 11.7. The molecule has 1 fully saturated rings. The summed E-state index contributed by atoms with van der Waals surface area (Å²) < 4.78 is 5.40. The fourth-order valence-corrected chi connectivity index (χ4v) is 2.87. The van der Waals surface area contributed by atoms with Crippen LogP contribution in [-0.2, 0) is 9.53 Å². The Morgan fingerprint density at radius 3 is 2.68 bits per heavy atom. The number of carbonyl (C=O) groups excluding carboxylic acids is 1. The van der Waals surface area contributed by atoms with Crippen molar-refractivity contribution in [3.63, 3.8) is 0 Å². The zero-order valence-electron chi connectivity index (χ0n) is 11.3. The topological polar surface area (TPSA) is 66.8 Å². The molecule has 1 aliphatic heterocycles. The van der Waals surface area contributed by atoms with Crippen molar-refractivity contribution >= 4 is 5.97 Å². The second-order valence-corrected chi connectivity index (χ2v) is 5.43. The molecule has 19 heavy (non-hydrogen) atoms. The summed E-state index contributed by atoms with van der Waals surface area (Å²) in [5, 5.41) is 18.7. The van der Waals surface area contributed by atoms with Crippen LogP contribution in [0.15, 0.2) is 23.3 Å². The summed E-state index contributed by atoms with van der Waals surface area (Å²) in [6.45, 7) is 1.96. The minimum Gasteiger partial charge on any atom is -0.458 e. The van der Waals surface area contributed by atoms with Gasteiger partial charge in [0, 0.05) is 5.92 Å². The van der Waals surface area contributed by atoms with Gasteiger partial charge >= 0.3 is 5.97 Å². The molecule has 0 amide bonds. The van der Waals surface area contributed by atoms with Gasteiger partial charge in [-0.1, -0.05) is 13.0 Å². The first-order valence-electron chi connectivity index (χ1n) is 6.95. The summed E-state index contributed by atoms with van der Waals surface area (Å²) in [5.74, 6) is -0.125. The largest absolute Gasteiger partial charge is 0.458 e. The molecule has 2 aliphatic rings. The molecule has 0 aromatic carbocycles. The van der Waals surface area contributed by atoms with E-state index in [1.807, 2.05) is 19.1 Å². The number of hydrogen-bond acceptors (Lipinski definition) is 4. The van der Waals surface area contributed by atoms with Gasteiger partial charge in [0.25, 0.3) is 0 Å². The fourth-order valence-electron chi connectivity index (χ4n) is 2.87. The van der Waals surface area contributed by atoms with Crippen molar-refractivity contribution in [2.75, 3.05) is 13.2 Å². The molecule has 0 aromatic rings. The molecule has 4 heteroatoms. The van der Waals surface area contributed by atoms with E-state index in [1.165, 1.54) is 0 Å². The Morgan fingerprint density at radius 1 is 1.26 bits per heavy atom. The number of rotatable bonds is 2. The summed E-state index contributed by atoms with van der Waals surface area (Å²) in [7, 11) is 0. The highest BCUT2D eigenvalue weighted by atomic mass is 16.6. The molecule has 0 spiro atoms. The maximum atomic E-state index is 11.7. The Hall–Kier alpha value is -1.13. The van der Waals surface area contributed by atoms with Crippen molar-refractivity contribution < 1.29 is 19.7 Å². The standard InChI is InChI=1S/C15H22O4/c1-10-13-6-5-11(8-16)3-2-4-12(9-17)7-14(13)19-15(10)18/h3,7,10,13-14,16-17H,2,4-6,8-9H2,1H3. The summed E-state index contributed by atoms with van der Waals surface area (Å²) in [5.41, 5.74) is 1.93. The molecule has 0 aromatic heterocycles. The highest BCUT2D eigenvalue weighted by Crippen LogP contribution is 2.35. The van der Waals surface area contributed by atoms with E-state index in [9.17, 15) is 15.0 Å². The van der Waals surface area contributed by atoms with Crippen molar-refractivity contribution in [1.82, 2.24) is 0 Å². The molecule has 0 radical (unpaired) electrons. The van der Waals surface area contributed by atoms with E-state index in [1.54, 1.807) is 0 Å². The molecule has 106 valence electrons. The molecule has 3 unspecified atom stereocenters. The van der Waals surface area contributed by atoms with Crippen molar-refractivity contribution in [3.05, 3.63) is 23.3 Å². The number of carbonyl (C=O) groups is 1. The lowest BCUT2D eigenvalue weighted by Crippen LogP contribution is -2.19. The first-order chi connectivity index (χ1) is 9.15. The quantitative estimate of drug-likeness (QED) is 0.588. The third kappa shape index (κ3) is 3.25. The number of fused-ring (bicyclic) bond motifs is 1. The number of ether oxygens (including phenoxy) is 1. The molecule has 0 bridgehead atoms. The molecule has 4 nitrogen and oxygen atoms in total. The highest BCUT2D eigenvalue weighted by molar-refractivity contribution is 5.75. The highest BCUT2D eigenvalue weighted by Gasteiger charge is 2.40. The van der Waals surface area contributed by atoms with Crippen LogP contribution in [0.25, 0.3) is 0 Å². The van der Waals surface area contributed by atoms with Crippen molar-refractivity contribution in [2.24, 2.45) is 11.8 Å². The summed E-state index contributed by atoms with van der Waals surface area (Å²) >= 11 is 0. The van der Waals surface area contributed by atoms with Gasteiger partial charge in [0.1, 0.15) is 6.10 Å². The molecule has 1 saturated heterocycles. The second-order valence-electron chi connectivity index (χ2n) is 5.43. The number of esters is 1. The van der Waals surface area contributed by atoms with Gasteiger partial charge in [-0.15, -0.1) is 0 Å². The molecule has 0 saturated carbocycles. The lowest BCUT2D eigenvalue weighted by molar-refractivity contribution is -0.142. The Kier molecular flexibility index (Phi) is 4.77. The summed E-state index contributed by atoms with van der Waals surface area (Å²) in [6.07, 6.45) is 6.94. The number of aliphatic hydroxyl groups excluding tert-OH is 2. The van der Waals surface area contributed by atoms with E-state index in [2.05, 4.69) is 0 Å². The van der Waals surface area contributed by atoms with Crippen molar-refractivity contribution in [3.8, 4) is 0 Å². The SMILES string of the molecule is CC1C(=O)OC2C=C(CO)CCC=C(CO)CCC21. The van der Waals surface area contributed by atoms with E-state index in [-0.39, 0.29) is 37.1 Å². The van der Waals surface area contributed by atoms with E-state index in [0.717, 1.165) is 36.8 Å². The fraction of sp³-hybridized carbons (Fsp3) is 0.667. The monoisotopic (exact) mass is 266 g/mol. The van der Waals surface area contributed by atoms with Gasteiger partial charge in [-0.2, -0.15) is 0 Å². The Morgan fingerprint density at radius 2 is 2.00 bits per heavy atom. The average molecular weight is 266 g/mol. The maximum absolute atomic E-state index is 11.7. The third-order valence-corrected chi connectivity index (χ3v) is 4.19. The molecular formula is C15H22O4. The lowest BCUT2D eigenvalue weighted by atomic mass is 9.84. The van der Waals surface area contributed by atoms with Gasteiger partial charge in [-0.3, -0.25) is 4.79 Å². The van der Waals surface area contributed by atoms with Crippen LogP contribution in [0.2, 0.25) is 0 Å². The normalized spacial score (nSPS) is 32.2. The van der Waals surface area contributed by atoms with E-state index >= 15 is 0 Å². The Labute approximate surface area is 113 Å². The Bertz CT molecular complexity index is 397. The Balaban J connectivity index is 2.22. The van der Waals surface area contributed by atoms with Gasteiger partial charge in [-0.05, 0) is 42.9 Å². The van der Waals surface area contributed by atoms with Gasteiger partial charge in [-0.25, -0.2) is 0 Å². The molecule has 2 rings (SSSR count). The number of allylic oxidation sites excluding steroid dienone is 1. The van der Waals surface area contributed by atoms with Gasteiger partial charge in [0.2, 0.25) is 0 Å². The van der Waals surface area contributed by atoms with Crippen molar-refractivity contribution in [1.29, 1.82) is 0 Å². The van der Waals surface area contributed by atoms with Crippen LogP contribution in [0.3, 0.4) is 0 Å². The van der Waals surface area contributed by atoms with Crippen LogP contribution in [0.4, 0.5) is 0 Å². The van der Waals surface area contributed by atoms with Crippen LogP contribution in [0, 0.1) is 11.8 Å². The predicted octanol–water partition coefficient (Wildman–Crippen LogP) is 1.58. The number of hydrogen-bond donors (Lipinski definition) is 2. The zero-order chi connectivity index (χ0) is 13.8.